The third-order valence-corrected chi connectivity index (χ3v) is 5.04. The van der Waals surface area contributed by atoms with Gasteiger partial charge in [0.25, 0.3) is 10.0 Å². The molecule has 0 aromatic heterocycles. The van der Waals surface area contributed by atoms with Crippen LogP contribution in [-0.4, -0.2) is 8.42 Å². The van der Waals surface area contributed by atoms with Crippen LogP contribution in [0.4, 0.5) is 27.6 Å². The smallest absolute Gasteiger partial charge is 0.262 e. The van der Waals surface area contributed by atoms with Crippen LogP contribution in [-0.2, 0) is 10.0 Å². The van der Waals surface area contributed by atoms with E-state index in [0.717, 1.165) is 24.3 Å². The van der Waals surface area contributed by atoms with Gasteiger partial charge in [-0.3, -0.25) is 4.72 Å². The van der Waals surface area contributed by atoms with Crippen molar-refractivity contribution in [3.05, 3.63) is 83.7 Å². The van der Waals surface area contributed by atoms with Crippen LogP contribution in [0.15, 0.2) is 59.5 Å². The first-order valence-electron chi connectivity index (χ1n) is 7.42. The fraction of sp³-hybridized carbons (Fsp3) is 0. The molecule has 0 saturated carbocycles. The number of sulfonamides is 1. The van der Waals surface area contributed by atoms with Crippen molar-refractivity contribution < 1.29 is 30.4 Å². The highest BCUT2D eigenvalue weighted by molar-refractivity contribution is 7.92. The van der Waals surface area contributed by atoms with Gasteiger partial charge in [0.05, 0.1) is 10.6 Å². The summed E-state index contributed by atoms with van der Waals surface area (Å²) in [6.07, 6.45) is 0. The quantitative estimate of drug-likeness (QED) is 0.387. The molecule has 3 aromatic rings. The SMILES string of the molecule is O=S(=O)(Nc1c(F)c(F)c(F)c(F)c1-c1cccc(F)c1)c1ccccc1. The Morgan fingerprint density at radius 3 is 1.96 bits per heavy atom. The van der Waals surface area contributed by atoms with Crippen LogP contribution < -0.4 is 4.72 Å². The van der Waals surface area contributed by atoms with Gasteiger partial charge in [-0.1, -0.05) is 30.3 Å². The first-order valence-corrected chi connectivity index (χ1v) is 8.90. The van der Waals surface area contributed by atoms with E-state index in [4.69, 9.17) is 0 Å². The zero-order valence-corrected chi connectivity index (χ0v) is 14.1. The Bertz CT molecular complexity index is 1120. The monoisotopic (exact) mass is 399 g/mol. The minimum absolute atomic E-state index is 0.320. The molecule has 3 aromatic carbocycles. The van der Waals surface area contributed by atoms with Crippen molar-refractivity contribution in [2.24, 2.45) is 0 Å². The van der Waals surface area contributed by atoms with E-state index in [0.29, 0.717) is 0 Å². The van der Waals surface area contributed by atoms with Gasteiger partial charge in [0.2, 0.25) is 0 Å². The molecule has 0 aliphatic heterocycles. The molecule has 0 bridgehead atoms. The molecule has 27 heavy (non-hydrogen) atoms. The van der Waals surface area contributed by atoms with E-state index in [-0.39, 0.29) is 10.5 Å². The van der Waals surface area contributed by atoms with Gasteiger partial charge in [0, 0.05) is 5.56 Å². The molecule has 9 heteroatoms. The number of nitrogens with one attached hydrogen (secondary N) is 1. The molecule has 0 spiro atoms. The molecule has 0 aliphatic rings. The van der Waals surface area contributed by atoms with Crippen LogP contribution in [0.5, 0.6) is 0 Å². The summed E-state index contributed by atoms with van der Waals surface area (Å²) >= 11 is 0. The summed E-state index contributed by atoms with van der Waals surface area (Å²) in [5.74, 6) is -9.01. The Hall–Kier alpha value is -2.94. The molecule has 0 unspecified atom stereocenters. The lowest BCUT2D eigenvalue weighted by Crippen LogP contribution is -2.17. The maximum atomic E-state index is 14.4. The molecule has 0 fully saturated rings. The van der Waals surface area contributed by atoms with Crippen LogP contribution in [0.2, 0.25) is 0 Å². The third-order valence-electron chi connectivity index (χ3n) is 3.67. The Balaban J connectivity index is 2.26. The van der Waals surface area contributed by atoms with Gasteiger partial charge in [0.15, 0.2) is 23.3 Å². The molecule has 0 heterocycles. The molecular weight excluding hydrogens is 389 g/mol. The van der Waals surface area contributed by atoms with Crippen LogP contribution in [0.25, 0.3) is 11.1 Å². The van der Waals surface area contributed by atoms with Gasteiger partial charge in [-0.25, -0.2) is 30.4 Å². The molecule has 0 amide bonds. The second-order valence-electron chi connectivity index (χ2n) is 5.43. The second kappa shape index (κ2) is 6.99. The average molecular weight is 399 g/mol. The molecule has 0 radical (unpaired) electrons. The predicted molar refractivity (Wildman–Crippen MR) is 88.9 cm³/mol. The fourth-order valence-corrected chi connectivity index (χ4v) is 3.53. The average Bonchev–Trinajstić information content (AvgIpc) is 2.65. The Labute approximate surface area is 151 Å². The number of hydrogen-bond donors (Lipinski definition) is 1. The highest BCUT2D eigenvalue weighted by atomic mass is 32.2. The fourth-order valence-electron chi connectivity index (χ4n) is 2.44. The standard InChI is InChI=1S/C18H10F5NO2S/c19-11-6-4-5-10(9-11)13-14(20)15(21)16(22)17(23)18(13)24-27(25,26)12-7-2-1-3-8-12/h1-9,24H. The van der Waals surface area contributed by atoms with E-state index in [9.17, 15) is 30.4 Å². The van der Waals surface area contributed by atoms with Gasteiger partial charge >= 0.3 is 0 Å². The molecule has 3 nitrogen and oxygen atoms in total. The van der Waals surface area contributed by atoms with Crippen molar-refractivity contribution in [3.8, 4) is 11.1 Å². The van der Waals surface area contributed by atoms with Crippen LogP contribution in [0.1, 0.15) is 0 Å². The largest absolute Gasteiger partial charge is 0.276 e. The van der Waals surface area contributed by atoms with Crippen molar-refractivity contribution in [1.29, 1.82) is 0 Å². The molecule has 1 N–H and O–H groups in total. The van der Waals surface area contributed by atoms with Crippen molar-refractivity contribution in [2.75, 3.05) is 4.72 Å². The minimum Gasteiger partial charge on any atom is -0.276 e. The van der Waals surface area contributed by atoms with Crippen molar-refractivity contribution in [1.82, 2.24) is 0 Å². The number of benzene rings is 3. The lowest BCUT2D eigenvalue weighted by atomic mass is 10.0. The zero-order valence-electron chi connectivity index (χ0n) is 13.3. The first kappa shape index (κ1) is 18.8. The molecule has 3 rings (SSSR count). The van der Waals surface area contributed by atoms with Crippen molar-refractivity contribution >= 4 is 15.7 Å². The lowest BCUT2D eigenvalue weighted by molar-refractivity contribution is 0.413. The van der Waals surface area contributed by atoms with Gasteiger partial charge in [-0.05, 0) is 29.8 Å². The highest BCUT2D eigenvalue weighted by Crippen LogP contribution is 2.37. The van der Waals surface area contributed by atoms with E-state index in [2.05, 4.69) is 0 Å². The first-order chi connectivity index (χ1) is 12.7. The summed E-state index contributed by atoms with van der Waals surface area (Å²) in [5.41, 5.74) is -2.50. The van der Waals surface area contributed by atoms with Crippen LogP contribution in [0, 0.1) is 29.1 Å². The zero-order chi connectivity index (χ0) is 19.8. The van der Waals surface area contributed by atoms with Crippen molar-refractivity contribution in [3.63, 3.8) is 0 Å². The number of halogens is 5. The van der Waals surface area contributed by atoms with Gasteiger partial charge in [-0.2, -0.15) is 0 Å². The lowest BCUT2D eigenvalue weighted by Gasteiger charge is -2.16. The summed E-state index contributed by atoms with van der Waals surface area (Å²) in [4.78, 5) is -0.320. The van der Waals surface area contributed by atoms with E-state index in [1.54, 1.807) is 4.72 Å². The summed E-state index contributed by atoms with van der Waals surface area (Å²) in [6, 6.07) is 10.6. The summed E-state index contributed by atoms with van der Waals surface area (Å²) in [5, 5.41) is 0. The van der Waals surface area contributed by atoms with E-state index >= 15 is 0 Å². The summed E-state index contributed by atoms with van der Waals surface area (Å²) < 4.78 is 96.2. The third kappa shape index (κ3) is 3.50. The number of hydrogen-bond acceptors (Lipinski definition) is 2. The maximum Gasteiger partial charge on any atom is 0.262 e. The summed E-state index contributed by atoms with van der Waals surface area (Å²) in [6.45, 7) is 0. The molecule has 0 saturated heterocycles. The Morgan fingerprint density at radius 2 is 1.33 bits per heavy atom. The topological polar surface area (TPSA) is 46.2 Å². The number of rotatable bonds is 4. The number of anilines is 1. The van der Waals surface area contributed by atoms with Crippen molar-refractivity contribution in [2.45, 2.75) is 4.90 Å². The van der Waals surface area contributed by atoms with Gasteiger partial charge in [-0.15, -0.1) is 0 Å². The predicted octanol–water partition coefficient (Wildman–Crippen LogP) is 4.85. The van der Waals surface area contributed by atoms with E-state index in [1.807, 2.05) is 0 Å². The van der Waals surface area contributed by atoms with Crippen LogP contribution in [0.3, 0.4) is 0 Å². The highest BCUT2D eigenvalue weighted by Gasteiger charge is 2.29. The Morgan fingerprint density at radius 1 is 0.704 bits per heavy atom. The minimum atomic E-state index is -4.46. The maximum absolute atomic E-state index is 14.4. The molecule has 140 valence electrons. The van der Waals surface area contributed by atoms with E-state index < -0.39 is 50.4 Å². The normalized spacial score (nSPS) is 11.4. The summed E-state index contributed by atoms with van der Waals surface area (Å²) in [7, 11) is -4.46. The second-order valence-corrected chi connectivity index (χ2v) is 7.12. The molecular formula is C18H10F5NO2S. The van der Waals surface area contributed by atoms with Crippen LogP contribution >= 0.6 is 0 Å². The Kier molecular flexibility index (Phi) is 4.88. The van der Waals surface area contributed by atoms with Gasteiger partial charge in [0.1, 0.15) is 5.82 Å². The van der Waals surface area contributed by atoms with E-state index in [1.165, 1.54) is 30.3 Å². The molecule has 0 aliphatic carbocycles. The van der Waals surface area contributed by atoms with Gasteiger partial charge < -0.3 is 0 Å². The molecule has 0 atom stereocenters.